The Morgan fingerprint density at radius 3 is 2.57 bits per heavy atom. The van der Waals surface area contributed by atoms with E-state index in [2.05, 4.69) is 16.0 Å². The highest BCUT2D eigenvalue weighted by molar-refractivity contribution is 5.77. The maximum absolute atomic E-state index is 12.0. The van der Waals surface area contributed by atoms with Gasteiger partial charge in [0.2, 0.25) is 5.91 Å². The van der Waals surface area contributed by atoms with Crippen LogP contribution in [0, 0.1) is 0 Å². The van der Waals surface area contributed by atoms with Crippen LogP contribution in [0.5, 0.6) is 0 Å². The summed E-state index contributed by atoms with van der Waals surface area (Å²) in [6, 6.07) is -0.126. The van der Waals surface area contributed by atoms with Crippen LogP contribution >= 0.6 is 0 Å². The minimum atomic E-state index is -0.461. The predicted octanol–water partition coefficient (Wildman–Crippen LogP) is 0.663. The number of hydrogen-bond donors (Lipinski definition) is 4. The zero-order valence-corrected chi connectivity index (χ0v) is 13.8. The van der Waals surface area contributed by atoms with Crippen molar-refractivity contribution in [2.45, 2.75) is 76.2 Å². The van der Waals surface area contributed by atoms with Gasteiger partial charge in [0, 0.05) is 12.6 Å². The molecule has 1 saturated heterocycles. The van der Waals surface area contributed by atoms with Gasteiger partial charge in [-0.15, -0.1) is 0 Å². The average molecular weight is 327 g/mol. The quantitative estimate of drug-likeness (QED) is 0.552. The van der Waals surface area contributed by atoms with Crippen LogP contribution in [0.2, 0.25) is 0 Å². The molecule has 23 heavy (non-hydrogen) atoms. The van der Waals surface area contributed by atoms with Gasteiger partial charge < -0.3 is 25.8 Å². The van der Waals surface area contributed by atoms with Gasteiger partial charge >= 0.3 is 6.03 Å². The Morgan fingerprint density at radius 2 is 1.96 bits per heavy atom. The molecule has 0 aromatic heterocycles. The van der Waals surface area contributed by atoms with Crippen molar-refractivity contribution >= 4 is 11.9 Å². The number of rotatable bonds is 7. The van der Waals surface area contributed by atoms with Crippen LogP contribution in [0.1, 0.15) is 51.9 Å². The third kappa shape index (κ3) is 5.66. The Kier molecular flexibility index (Phi) is 7.11. The van der Waals surface area contributed by atoms with Crippen LogP contribution in [-0.4, -0.2) is 54.5 Å². The monoisotopic (exact) mass is 327 g/mol. The first-order valence-corrected chi connectivity index (χ1v) is 8.72. The second-order valence-corrected chi connectivity index (χ2v) is 6.46. The molecule has 2 aliphatic rings. The first kappa shape index (κ1) is 18.0. The van der Waals surface area contributed by atoms with Crippen LogP contribution in [0.4, 0.5) is 4.79 Å². The van der Waals surface area contributed by atoms with E-state index in [0.717, 1.165) is 19.3 Å². The lowest BCUT2D eigenvalue weighted by Crippen LogP contribution is -2.54. The molecule has 1 aliphatic carbocycles. The van der Waals surface area contributed by atoms with Crippen LogP contribution in [0.15, 0.2) is 0 Å². The molecule has 1 aliphatic heterocycles. The summed E-state index contributed by atoms with van der Waals surface area (Å²) in [7, 11) is 0. The number of aliphatic hydroxyl groups is 1. The number of amides is 3. The van der Waals surface area contributed by atoms with Crippen molar-refractivity contribution in [1.29, 1.82) is 0 Å². The van der Waals surface area contributed by atoms with Gasteiger partial charge in [-0.2, -0.15) is 0 Å². The lowest BCUT2D eigenvalue weighted by molar-refractivity contribution is -0.131. The molecule has 1 saturated carbocycles. The van der Waals surface area contributed by atoms with E-state index < -0.39 is 6.10 Å². The van der Waals surface area contributed by atoms with Crippen molar-refractivity contribution in [3.8, 4) is 0 Å². The minimum Gasteiger partial charge on any atom is -0.394 e. The fourth-order valence-electron chi connectivity index (χ4n) is 2.95. The number of carbonyl (C=O) groups is 2. The van der Waals surface area contributed by atoms with Crippen molar-refractivity contribution < 1.29 is 19.4 Å². The summed E-state index contributed by atoms with van der Waals surface area (Å²) < 4.78 is 5.80. The summed E-state index contributed by atoms with van der Waals surface area (Å²) in [5.74, 6) is 0.0171. The Morgan fingerprint density at radius 1 is 1.17 bits per heavy atom. The molecule has 7 nitrogen and oxygen atoms in total. The maximum Gasteiger partial charge on any atom is 0.315 e. The van der Waals surface area contributed by atoms with Gasteiger partial charge in [0.1, 0.15) is 6.10 Å². The van der Waals surface area contributed by atoms with E-state index in [9.17, 15) is 14.7 Å². The Hall–Kier alpha value is -1.34. The lowest BCUT2D eigenvalue weighted by Gasteiger charge is -2.36. The van der Waals surface area contributed by atoms with Gasteiger partial charge in [0.25, 0.3) is 0 Å². The molecule has 132 valence electrons. The molecular formula is C16H29N3O4. The fourth-order valence-corrected chi connectivity index (χ4v) is 2.95. The number of hydrogen-bond acceptors (Lipinski definition) is 4. The first-order chi connectivity index (χ1) is 11.1. The smallest absolute Gasteiger partial charge is 0.315 e. The van der Waals surface area contributed by atoms with E-state index in [-0.39, 0.29) is 30.7 Å². The van der Waals surface area contributed by atoms with Crippen molar-refractivity contribution in [2.75, 3.05) is 13.2 Å². The summed E-state index contributed by atoms with van der Waals surface area (Å²) in [4.78, 5) is 23.7. The Bertz CT molecular complexity index is 401. The van der Waals surface area contributed by atoms with Gasteiger partial charge in [0.05, 0.1) is 25.2 Å². The van der Waals surface area contributed by atoms with E-state index >= 15 is 0 Å². The summed E-state index contributed by atoms with van der Waals surface area (Å²) in [5.41, 5.74) is 0. The molecular weight excluding hydrogens is 298 g/mol. The Labute approximate surface area is 137 Å². The largest absolute Gasteiger partial charge is 0.394 e. The normalized spacial score (nSPS) is 27.8. The second kappa shape index (κ2) is 9.08. The number of aliphatic hydroxyl groups excluding tert-OH is 1. The van der Waals surface area contributed by atoms with Crippen molar-refractivity contribution in [2.24, 2.45) is 0 Å². The highest BCUT2D eigenvalue weighted by Crippen LogP contribution is 2.23. The molecule has 0 radical (unpaired) electrons. The maximum atomic E-state index is 12.0. The van der Waals surface area contributed by atoms with Crippen LogP contribution in [0.3, 0.4) is 0 Å². The number of carbonyl (C=O) groups excluding carboxylic acids is 2. The van der Waals surface area contributed by atoms with E-state index in [4.69, 9.17) is 4.74 Å². The van der Waals surface area contributed by atoms with E-state index in [1.54, 1.807) is 0 Å². The summed E-state index contributed by atoms with van der Waals surface area (Å²) >= 11 is 0. The number of nitrogens with one attached hydrogen (secondary N) is 3. The fraction of sp³-hybridized carbons (Fsp3) is 0.875. The lowest BCUT2D eigenvalue weighted by atomic mass is 9.92. The van der Waals surface area contributed by atoms with E-state index in [1.807, 2.05) is 6.92 Å². The van der Waals surface area contributed by atoms with Crippen LogP contribution in [0.25, 0.3) is 0 Å². The third-order valence-corrected chi connectivity index (χ3v) is 4.53. The summed E-state index contributed by atoms with van der Waals surface area (Å²) in [5, 5.41) is 18.1. The molecule has 0 bridgehead atoms. The van der Waals surface area contributed by atoms with Crippen molar-refractivity contribution in [3.05, 3.63) is 0 Å². The molecule has 0 spiro atoms. The van der Waals surface area contributed by atoms with Crippen LogP contribution in [-0.2, 0) is 9.53 Å². The second-order valence-electron chi connectivity index (χ2n) is 6.46. The predicted molar refractivity (Wildman–Crippen MR) is 86.0 cm³/mol. The zero-order valence-electron chi connectivity index (χ0n) is 13.8. The zero-order chi connectivity index (χ0) is 16.7. The van der Waals surface area contributed by atoms with Gasteiger partial charge in [-0.1, -0.05) is 6.92 Å². The van der Waals surface area contributed by atoms with E-state index in [0.29, 0.717) is 31.8 Å². The minimum absolute atomic E-state index is 0.0171. The summed E-state index contributed by atoms with van der Waals surface area (Å²) in [6.07, 6.45) is 5.26. The van der Waals surface area contributed by atoms with Crippen LogP contribution < -0.4 is 16.0 Å². The molecule has 0 unspecified atom stereocenters. The van der Waals surface area contributed by atoms with Crippen molar-refractivity contribution in [3.63, 3.8) is 0 Å². The molecule has 7 heteroatoms. The third-order valence-electron chi connectivity index (χ3n) is 4.53. The SMILES string of the molecule is CCCNC(=O)N[C@H]1CC[C@@H](CC(=O)NC2CCC2)O[C@H]1CO. The number of urea groups is 1. The van der Waals surface area contributed by atoms with E-state index in [1.165, 1.54) is 6.42 Å². The van der Waals surface area contributed by atoms with Crippen molar-refractivity contribution in [1.82, 2.24) is 16.0 Å². The molecule has 4 N–H and O–H groups in total. The molecule has 3 amide bonds. The number of ether oxygens (including phenoxy) is 1. The molecule has 0 aromatic carbocycles. The molecule has 0 aromatic rings. The Balaban J connectivity index is 1.73. The van der Waals surface area contributed by atoms with Gasteiger partial charge in [-0.25, -0.2) is 4.79 Å². The average Bonchev–Trinajstić information content (AvgIpc) is 2.50. The standard InChI is InChI=1S/C16H29N3O4/c1-2-8-17-16(22)19-13-7-6-12(23-14(13)10-20)9-15(21)18-11-4-3-5-11/h11-14,20H,2-10H2,1H3,(H,18,21)(H2,17,19,22)/t12-,13-,14-/m0/s1. The van der Waals surface area contributed by atoms with Gasteiger partial charge in [-0.3, -0.25) is 4.79 Å². The molecule has 2 fully saturated rings. The highest BCUT2D eigenvalue weighted by Gasteiger charge is 2.33. The highest BCUT2D eigenvalue weighted by atomic mass is 16.5. The van der Waals surface area contributed by atoms with Gasteiger partial charge in [0.15, 0.2) is 0 Å². The molecule has 1 heterocycles. The molecule has 3 atom stereocenters. The summed E-state index contributed by atoms with van der Waals surface area (Å²) in [6.45, 7) is 2.44. The van der Waals surface area contributed by atoms with Gasteiger partial charge in [-0.05, 0) is 38.5 Å². The molecule has 2 rings (SSSR count). The topological polar surface area (TPSA) is 99.7 Å². The first-order valence-electron chi connectivity index (χ1n) is 8.72.